The lowest BCUT2D eigenvalue weighted by atomic mass is 10.1. The van der Waals surface area contributed by atoms with Gasteiger partial charge < -0.3 is 5.11 Å². The zero-order chi connectivity index (χ0) is 8.91. The van der Waals surface area contributed by atoms with Crippen LogP contribution in [-0.2, 0) is 0 Å². The molecule has 0 aliphatic heterocycles. The van der Waals surface area contributed by atoms with E-state index in [1.165, 1.54) is 0 Å². The Kier molecular flexibility index (Phi) is 4.84. The van der Waals surface area contributed by atoms with Gasteiger partial charge in [-0.25, -0.2) is 0 Å². The monoisotopic (exact) mass is 190 g/mol. The summed E-state index contributed by atoms with van der Waals surface area (Å²) in [7, 11) is 0. The number of hydrogen-bond donors (Lipinski definition) is 1. The number of aliphatic hydroxyl groups excluding tert-OH is 1. The molecule has 0 aromatic carbocycles. The Bertz CT molecular complexity index is 104. The van der Waals surface area contributed by atoms with Crippen LogP contribution in [0.2, 0.25) is 0 Å². The third-order valence-corrected chi connectivity index (χ3v) is 1.51. The lowest BCUT2D eigenvalue weighted by molar-refractivity contribution is -0.205. The SMILES string of the molecule is OC(CCCCCl)C(F)(F)F. The molecule has 0 saturated carbocycles. The molecule has 0 aliphatic carbocycles. The molecule has 0 radical (unpaired) electrons. The highest BCUT2D eigenvalue weighted by atomic mass is 35.5. The summed E-state index contributed by atoms with van der Waals surface area (Å²) in [5.74, 6) is 0.338. The average molecular weight is 191 g/mol. The summed E-state index contributed by atoms with van der Waals surface area (Å²) in [4.78, 5) is 0. The normalized spacial score (nSPS) is 15.0. The molecule has 0 aromatic heterocycles. The minimum Gasteiger partial charge on any atom is -0.384 e. The number of alkyl halides is 4. The minimum atomic E-state index is -4.48. The zero-order valence-corrected chi connectivity index (χ0v) is 6.62. The molecule has 0 fully saturated rings. The maximum Gasteiger partial charge on any atom is 0.414 e. The molecule has 1 atom stereocenters. The Balaban J connectivity index is 3.44. The van der Waals surface area contributed by atoms with E-state index in [0.717, 1.165) is 0 Å². The van der Waals surface area contributed by atoms with Gasteiger partial charge in [0.05, 0.1) is 0 Å². The Hall–Kier alpha value is 0.0400. The van der Waals surface area contributed by atoms with Gasteiger partial charge in [-0.3, -0.25) is 0 Å². The van der Waals surface area contributed by atoms with E-state index in [-0.39, 0.29) is 6.42 Å². The predicted octanol–water partition coefficient (Wildman–Crippen LogP) is 2.32. The van der Waals surface area contributed by atoms with Crippen LogP contribution in [0.15, 0.2) is 0 Å². The van der Waals surface area contributed by atoms with E-state index in [1.807, 2.05) is 0 Å². The lowest BCUT2D eigenvalue weighted by Gasteiger charge is -2.13. The second-order valence-corrected chi connectivity index (χ2v) is 2.62. The third kappa shape index (κ3) is 5.32. The predicted molar refractivity (Wildman–Crippen MR) is 36.6 cm³/mol. The number of unbranched alkanes of at least 4 members (excludes halogenated alkanes) is 1. The van der Waals surface area contributed by atoms with Crippen LogP contribution in [0.5, 0.6) is 0 Å². The number of halogens is 4. The third-order valence-electron chi connectivity index (χ3n) is 1.24. The molecule has 0 heterocycles. The van der Waals surface area contributed by atoms with Crippen LogP contribution in [0.4, 0.5) is 13.2 Å². The summed E-state index contributed by atoms with van der Waals surface area (Å²) < 4.78 is 34.8. The standard InChI is InChI=1S/C6H10ClF3O/c7-4-2-1-3-5(11)6(8,9)10/h5,11H,1-4H2. The molecule has 5 heteroatoms. The first-order valence-electron chi connectivity index (χ1n) is 3.29. The number of hydrogen-bond acceptors (Lipinski definition) is 1. The van der Waals surface area contributed by atoms with E-state index in [4.69, 9.17) is 16.7 Å². The fourth-order valence-corrected chi connectivity index (χ4v) is 0.785. The highest BCUT2D eigenvalue weighted by molar-refractivity contribution is 6.17. The van der Waals surface area contributed by atoms with Crippen LogP contribution in [0.1, 0.15) is 19.3 Å². The van der Waals surface area contributed by atoms with Gasteiger partial charge in [0, 0.05) is 5.88 Å². The first-order chi connectivity index (χ1) is 4.98. The van der Waals surface area contributed by atoms with Crippen molar-refractivity contribution in [1.82, 2.24) is 0 Å². The van der Waals surface area contributed by atoms with Gasteiger partial charge >= 0.3 is 6.18 Å². The van der Waals surface area contributed by atoms with Crippen molar-refractivity contribution < 1.29 is 18.3 Å². The average Bonchev–Trinajstić information content (AvgIpc) is 1.86. The van der Waals surface area contributed by atoms with E-state index < -0.39 is 12.3 Å². The highest BCUT2D eigenvalue weighted by Gasteiger charge is 2.37. The van der Waals surface area contributed by atoms with Crippen LogP contribution in [0.25, 0.3) is 0 Å². The summed E-state index contributed by atoms with van der Waals surface area (Å²) >= 11 is 5.24. The highest BCUT2D eigenvalue weighted by Crippen LogP contribution is 2.23. The minimum absolute atomic E-state index is 0.254. The van der Waals surface area contributed by atoms with Gasteiger partial charge in [-0.05, 0) is 19.3 Å². The second-order valence-electron chi connectivity index (χ2n) is 2.24. The summed E-state index contributed by atoms with van der Waals surface area (Å²) in [6.45, 7) is 0. The van der Waals surface area contributed by atoms with Crippen molar-refractivity contribution in [3.8, 4) is 0 Å². The Labute approximate surface area is 68.2 Å². The fraction of sp³-hybridized carbons (Fsp3) is 1.00. The Morgan fingerprint density at radius 3 is 2.18 bits per heavy atom. The van der Waals surface area contributed by atoms with E-state index >= 15 is 0 Å². The molecule has 0 bridgehead atoms. The molecule has 0 saturated heterocycles. The Morgan fingerprint density at radius 2 is 1.82 bits per heavy atom. The van der Waals surface area contributed by atoms with Gasteiger partial charge in [-0.15, -0.1) is 11.6 Å². The van der Waals surface area contributed by atoms with Gasteiger partial charge in [-0.1, -0.05) is 0 Å². The summed E-state index contributed by atoms with van der Waals surface area (Å²) in [6.07, 6.45) is -6.10. The Morgan fingerprint density at radius 1 is 1.27 bits per heavy atom. The first kappa shape index (κ1) is 11.0. The molecule has 1 unspecified atom stereocenters. The van der Waals surface area contributed by atoms with Crippen molar-refractivity contribution >= 4 is 11.6 Å². The van der Waals surface area contributed by atoms with Crippen molar-refractivity contribution in [1.29, 1.82) is 0 Å². The van der Waals surface area contributed by atoms with Crippen LogP contribution < -0.4 is 0 Å². The summed E-state index contributed by atoms with van der Waals surface area (Å²) in [5.41, 5.74) is 0. The van der Waals surface area contributed by atoms with Crippen LogP contribution >= 0.6 is 11.6 Å². The molecular formula is C6H10ClF3O. The molecule has 11 heavy (non-hydrogen) atoms. The second kappa shape index (κ2) is 4.83. The summed E-state index contributed by atoms with van der Waals surface area (Å²) in [5, 5.41) is 8.44. The van der Waals surface area contributed by atoms with Gasteiger partial charge in [0.2, 0.25) is 0 Å². The van der Waals surface area contributed by atoms with Gasteiger partial charge in [0.25, 0.3) is 0 Å². The molecule has 0 rings (SSSR count). The van der Waals surface area contributed by atoms with Crippen LogP contribution in [0.3, 0.4) is 0 Å². The summed E-state index contributed by atoms with van der Waals surface area (Å²) in [6, 6.07) is 0. The first-order valence-corrected chi connectivity index (χ1v) is 3.82. The number of aliphatic hydroxyl groups is 1. The van der Waals surface area contributed by atoms with Crippen molar-refractivity contribution in [2.24, 2.45) is 0 Å². The van der Waals surface area contributed by atoms with Gasteiger partial charge in [0.15, 0.2) is 0 Å². The molecule has 0 aliphatic rings. The number of rotatable bonds is 4. The smallest absolute Gasteiger partial charge is 0.384 e. The molecule has 0 spiro atoms. The maximum absolute atomic E-state index is 11.6. The zero-order valence-electron chi connectivity index (χ0n) is 5.86. The van der Waals surface area contributed by atoms with E-state index in [2.05, 4.69) is 0 Å². The molecule has 1 nitrogen and oxygen atoms in total. The van der Waals surface area contributed by atoms with E-state index in [0.29, 0.717) is 18.7 Å². The van der Waals surface area contributed by atoms with Crippen molar-refractivity contribution in [2.75, 3.05) is 5.88 Å². The van der Waals surface area contributed by atoms with Crippen LogP contribution in [-0.4, -0.2) is 23.3 Å². The molecule has 0 amide bonds. The topological polar surface area (TPSA) is 20.2 Å². The largest absolute Gasteiger partial charge is 0.414 e. The molecule has 0 aromatic rings. The quantitative estimate of drug-likeness (QED) is 0.533. The van der Waals surface area contributed by atoms with Crippen LogP contribution in [0, 0.1) is 0 Å². The van der Waals surface area contributed by atoms with Gasteiger partial charge in [0.1, 0.15) is 6.10 Å². The fourth-order valence-electron chi connectivity index (χ4n) is 0.596. The lowest BCUT2D eigenvalue weighted by Crippen LogP contribution is -2.28. The van der Waals surface area contributed by atoms with Crippen molar-refractivity contribution in [3.63, 3.8) is 0 Å². The maximum atomic E-state index is 11.6. The van der Waals surface area contributed by atoms with E-state index in [1.54, 1.807) is 0 Å². The molecular weight excluding hydrogens is 181 g/mol. The van der Waals surface area contributed by atoms with E-state index in [9.17, 15) is 13.2 Å². The van der Waals surface area contributed by atoms with Gasteiger partial charge in [-0.2, -0.15) is 13.2 Å². The molecule has 1 N–H and O–H groups in total. The molecule has 68 valence electrons. The van der Waals surface area contributed by atoms with Crippen molar-refractivity contribution in [2.45, 2.75) is 31.5 Å². The van der Waals surface area contributed by atoms with Crippen molar-refractivity contribution in [3.05, 3.63) is 0 Å².